The highest BCUT2D eigenvalue weighted by atomic mass is 79.9. The molecule has 0 saturated carbocycles. The molecule has 6 aliphatic heterocycles. The molecule has 12 rings (SSSR count). The minimum Gasteiger partial charge on any atom is -0.463 e. The van der Waals surface area contributed by atoms with Gasteiger partial charge in [-0.2, -0.15) is 0 Å². The van der Waals surface area contributed by atoms with Gasteiger partial charge in [0, 0.05) is 122 Å². The maximum atomic E-state index is 13.8. The second kappa shape index (κ2) is 30.3. The lowest BCUT2D eigenvalue weighted by Gasteiger charge is -2.31. The van der Waals surface area contributed by atoms with Gasteiger partial charge in [0.1, 0.15) is 35.6 Å². The van der Waals surface area contributed by atoms with Crippen molar-refractivity contribution in [1.82, 2.24) is 43.8 Å². The zero-order valence-electron chi connectivity index (χ0n) is 51.6. The fourth-order valence-electron chi connectivity index (χ4n) is 11.7. The minimum atomic E-state index is -3.46. The Kier molecular flexibility index (Phi) is 22.9. The molecule has 0 spiro atoms. The number of carbonyl (C=O) groups excluding carboxylic acids is 3. The molecule has 9 heterocycles. The number of carbonyl (C=O) groups is 3. The number of hydrogen-bond acceptors (Lipinski definition) is 24. The van der Waals surface area contributed by atoms with Crippen LogP contribution in [0.4, 0.5) is 13.2 Å². The Hall–Kier alpha value is -6.45. The van der Waals surface area contributed by atoms with Gasteiger partial charge in [0.2, 0.25) is 30.1 Å². The molecule has 0 bridgehead atoms. The predicted octanol–water partition coefficient (Wildman–Crippen LogP) is 8.96. The van der Waals surface area contributed by atoms with E-state index in [1.807, 2.05) is 30.8 Å². The highest BCUT2D eigenvalue weighted by Gasteiger charge is 2.47. The van der Waals surface area contributed by atoms with Gasteiger partial charge in [-0.25, -0.2) is 81.9 Å². The van der Waals surface area contributed by atoms with Gasteiger partial charge in [0.15, 0.2) is 32.5 Å². The van der Waals surface area contributed by atoms with Crippen molar-refractivity contribution in [3.05, 3.63) is 186 Å². The number of esters is 3. The Labute approximate surface area is 588 Å². The summed E-state index contributed by atoms with van der Waals surface area (Å²) in [5.41, 5.74) is 4.54. The van der Waals surface area contributed by atoms with Crippen molar-refractivity contribution in [3.8, 4) is 0 Å². The molecule has 3 aromatic carbocycles. The number of thiazole rings is 3. The lowest BCUT2D eigenvalue weighted by Crippen LogP contribution is -2.39. The van der Waals surface area contributed by atoms with Crippen LogP contribution in [0, 0.1) is 17.5 Å². The van der Waals surface area contributed by atoms with E-state index in [-0.39, 0.29) is 39.1 Å². The molecule has 0 aliphatic carbocycles. The monoisotopic (exact) mass is 1630 g/mol. The van der Waals surface area contributed by atoms with E-state index in [2.05, 4.69) is 76.9 Å². The molecule has 0 amide bonds. The largest absolute Gasteiger partial charge is 0.463 e. The summed E-state index contributed by atoms with van der Waals surface area (Å²) in [6.07, 6.45) is 9.08. The van der Waals surface area contributed by atoms with Gasteiger partial charge in [0.05, 0.1) is 55.3 Å². The quantitative estimate of drug-likeness (QED) is 0.0534. The lowest BCUT2D eigenvalue weighted by atomic mass is 9.94. The standard InChI is InChI=1S/3C20H20BrFN4O4S2/c3*1-3-30-20(27)16-15-9-12(25-32(2,28)29)10-26(15)18(19-23-6-7-31-19)24-17(16)13-5-4-11(22)8-14(13)21/h3*4-8,12,17,25H,3,9-10H2,1-2H3/t12?,17-;12-,17+;12-,17-/m010/s1. The van der Waals surface area contributed by atoms with E-state index >= 15 is 0 Å². The average Bonchev–Trinajstić information content (AvgIpc) is 1.51. The smallest absolute Gasteiger partial charge is 0.338 e. The van der Waals surface area contributed by atoms with Crippen LogP contribution >= 0.6 is 81.8 Å². The molecule has 510 valence electrons. The highest BCUT2D eigenvalue weighted by Crippen LogP contribution is 2.46. The van der Waals surface area contributed by atoms with E-state index < -0.39 is 102 Å². The molecule has 6 atom stereocenters. The Morgan fingerprint density at radius 3 is 0.948 bits per heavy atom. The predicted molar refractivity (Wildman–Crippen MR) is 367 cm³/mol. The minimum absolute atomic E-state index is 0.168. The summed E-state index contributed by atoms with van der Waals surface area (Å²) in [6, 6.07) is 8.91. The fourth-order valence-corrected chi connectivity index (χ4v) is 17.6. The summed E-state index contributed by atoms with van der Waals surface area (Å²) in [5.74, 6) is -1.32. The van der Waals surface area contributed by atoms with Crippen molar-refractivity contribution >= 4 is 147 Å². The van der Waals surface area contributed by atoms with Crippen LogP contribution in [0.25, 0.3) is 0 Å². The van der Waals surface area contributed by atoms with Crippen LogP contribution in [0.2, 0.25) is 0 Å². The Morgan fingerprint density at radius 1 is 0.479 bits per heavy atom. The van der Waals surface area contributed by atoms with Crippen molar-refractivity contribution in [1.29, 1.82) is 0 Å². The van der Waals surface area contributed by atoms with Crippen molar-refractivity contribution in [2.24, 2.45) is 15.0 Å². The summed E-state index contributed by atoms with van der Waals surface area (Å²) < 4.78 is 138. The van der Waals surface area contributed by atoms with Crippen LogP contribution in [0.15, 0.2) is 152 Å². The van der Waals surface area contributed by atoms with E-state index in [0.29, 0.717) is 116 Å². The molecule has 1 unspecified atom stereocenters. The Balaban J connectivity index is 0.000000157. The molecular formula is C60H60Br3F3N12O12S6. The second-order valence-electron chi connectivity index (χ2n) is 22.0. The maximum Gasteiger partial charge on any atom is 0.338 e. The van der Waals surface area contributed by atoms with Crippen LogP contribution in [0.3, 0.4) is 0 Å². The topological polar surface area (TPSA) is 303 Å². The van der Waals surface area contributed by atoms with Gasteiger partial charge < -0.3 is 28.9 Å². The second-order valence-corrected chi connectivity index (χ2v) is 32.6. The number of nitrogens with zero attached hydrogens (tertiary/aromatic N) is 9. The Morgan fingerprint density at radius 2 is 0.740 bits per heavy atom. The number of hydrogen-bond donors (Lipinski definition) is 3. The average molecular weight is 1630 g/mol. The molecule has 6 aromatic rings. The van der Waals surface area contributed by atoms with E-state index in [0.717, 1.165) is 18.8 Å². The molecular weight excluding hydrogens is 1570 g/mol. The molecule has 3 fully saturated rings. The van der Waals surface area contributed by atoms with E-state index in [1.54, 1.807) is 57.6 Å². The number of aliphatic imine (C=N–C) groups is 3. The molecule has 3 saturated heterocycles. The first-order valence-electron chi connectivity index (χ1n) is 29.3. The van der Waals surface area contributed by atoms with Gasteiger partial charge in [-0.3, -0.25) is 15.0 Å². The SMILES string of the molecule is CCOC(=O)C1=C2CC(NS(C)(=O)=O)CN2C(c2nccs2)=N[C@H]1c1ccc(F)cc1Br.CCOC(=O)C1=C2C[C@@H](NS(C)(=O)=O)CN2C(c2nccs2)=N[C@H]1c1ccc(F)cc1Br.CCOC(=O)C1=C2C[C@H](NS(C)(=O)=O)CN2C(c2nccs2)=N[C@H]1c1ccc(F)cc1Br. The van der Waals surface area contributed by atoms with Crippen LogP contribution in [-0.4, -0.2) is 167 Å². The summed E-state index contributed by atoms with van der Waals surface area (Å²) in [4.78, 5) is 72.3. The first-order valence-corrected chi connectivity index (χ1v) is 39.9. The number of halogens is 6. The zero-order valence-corrected chi connectivity index (χ0v) is 61.3. The highest BCUT2D eigenvalue weighted by molar-refractivity contribution is 9.11. The van der Waals surface area contributed by atoms with Crippen LogP contribution in [0.5, 0.6) is 0 Å². The van der Waals surface area contributed by atoms with Gasteiger partial charge in [-0.15, -0.1) is 34.0 Å². The molecule has 6 aliphatic rings. The molecule has 3 aromatic heterocycles. The third kappa shape index (κ3) is 16.8. The Bertz CT molecular complexity index is 4090. The van der Waals surface area contributed by atoms with Gasteiger partial charge in [-0.1, -0.05) is 66.0 Å². The van der Waals surface area contributed by atoms with Crippen molar-refractivity contribution < 1.29 is 67.0 Å². The van der Waals surface area contributed by atoms with E-state index in [1.165, 1.54) is 70.4 Å². The van der Waals surface area contributed by atoms with Gasteiger partial charge in [-0.05, 0) is 73.9 Å². The summed E-state index contributed by atoms with van der Waals surface area (Å²) in [5, 5.41) is 7.34. The zero-order chi connectivity index (χ0) is 69.1. The number of benzene rings is 3. The number of fused-ring (bicyclic) bond motifs is 3. The van der Waals surface area contributed by atoms with Gasteiger partial charge in [0.25, 0.3) is 0 Å². The molecule has 96 heavy (non-hydrogen) atoms. The number of nitrogens with one attached hydrogen (secondary N) is 3. The van der Waals surface area contributed by atoms with Gasteiger partial charge >= 0.3 is 17.9 Å². The number of ether oxygens (including phenoxy) is 3. The lowest BCUT2D eigenvalue weighted by molar-refractivity contribution is -0.140. The molecule has 24 nitrogen and oxygen atoms in total. The molecule has 3 N–H and O–H groups in total. The first-order chi connectivity index (χ1) is 45.5. The fraction of sp³-hybridized carbons (Fsp3) is 0.350. The number of aromatic nitrogens is 3. The van der Waals surface area contributed by atoms with Crippen molar-refractivity contribution in [2.75, 3.05) is 58.2 Å². The summed E-state index contributed by atoms with van der Waals surface area (Å²) in [6.45, 7) is 6.50. The number of sulfonamides is 3. The van der Waals surface area contributed by atoms with Crippen molar-refractivity contribution in [3.63, 3.8) is 0 Å². The molecule has 0 radical (unpaired) electrons. The number of amidine groups is 3. The first kappa shape index (κ1) is 72.3. The summed E-state index contributed by atoms with van der Waals surface area (Å²) >= 11 is 14.3. The maximum absolute atomic E-state index is 13.8. The van der Waals surface area contributed by atoms with Crippen LogP contribution in [-0.2, 0) is 58.7 Å². The molecule has 36 heteroatoms. The van der Waals surface area contributed by atoms with E-state index in [4.69, 9.17) is 29.2 Å². The summed E-state index contributed by atoms with van der Waals surface area (Å²) in [7, 11) is -10.4. The normalized spacial score (nSPS) is 20.9. The van der Waals surface area contributed by atoms with Crippen molar-refractivity contribution in [2.45, 2.75) is 76.3 Å². The third-order valence-electron chi connectivity index (χ3n) is 15.1. The number of rotatable bonds is 18. The third-order valence-corrected chi connectivity index (χ3v) is 21.7. The van der Waals surface area contributed by atoms with E-state index in [9.17, 15) is 52.8 Å². The van der Waals surface area contributed by atoms with Crippen LogP contribution in [0.1, 0.15) is 89.9 Å². The van der Waals surface area contributed by atoms with Crippen LogP contribution < -0.4 is 14.2 Å².